The lowest BCUT2D eigenvalue weighted by molar-refractivity contribution is 0.0932. The molecule has 0 aliphatic heterocycles. The van der Waals surface area contributed by atoms with E-state index in [9.17, 15) is 9.90 Å². The fourth-order valence-electron chi connectivity index (χ4n) is 1.67. The minimum atomic E-state index is -0.393. The van der Waals surface area contributed by atoms with Crippen molar-refractivity contribution in [2.75, 3.05) is 13.2 Å². The maximum Gasteiger partial charge on any atom is 0.255 e. The van der Waals surface area contributed by atoms with Crippen molar-refractivity contribution in [3.63, 3.8) is 0 Å². The minimum absolute atomic E-state index is 0.0680. The average Bonchev–Trinajstić information content (AvgIpc) is 3.11. The summed E-state index contributed by atoms with van der Waals surface area (Å²) in [5.74, 6) is -0.527. The molecule has 0 atom stereocenters. The molecule has 4 nitrogen and oxygen atoms in total. The number of aromatic hydroxyl groups is 1. The Labute approximate surface area is 118 Å². The summed E-state index contributed by atoms with van der Waals surface area (Å²) in [7, 11) is 0. The van der Waals surface area contributed by atoms with E-state index in [-0.39, 0.29) is 23.3 Å². The predicted molar refractivity (Wildman–Crippen MR) is 71.9 cm³/mol. The number of amides is 1. The number of nitrogens with one attached hydrogen (secondary N) is 1. The Kier molecular flexibility index (Phi) is 3.84. The highest BCUT2D eigenvalue weighted by atomic mass is 79.9. The summed E-state index contributed by atoms with van der Waals surface area (Å²) < 4.78 is 0.378. The van der Waals surface area contributed by atoms with E-state index in [1.807, 2.05) is 0 Å². The van der Waals surface area contributed by atoms with Crippen molar-refractivity contribution in [2.45, 2.75) is 12.8 Å². The second-order valence-electron chi connectivity index (χ2n) is 4.62. The molecule has 0 saturated heterocycles. The third-order valence-corrected chi connectivity index (χ3v) is 4.01. The van der Waals surface area contributed by atoms with Crippen molar-refractivity contribution in [1.29, 1.82) is 0 Å². The molecule has 0 spiro atoms. The third kappa shape index (κ3) is 2.79. The largest absolute Gasteiger partial charge is 0.506 e. The standard InChI is InChI=1S/C12H13BrClNO3/c13-9-4-7(14)3-8(10(9)17)11(18)15-5-12(6-16)1-2-12/h3-4,16-17H,1-2,5-6H2,(H,15,18). The van der Waals surface area contributed by atoms with Crippen LogP contribution in [-0.4, -0.2) is 29.3 Å². The molecule has 0 heterocycles. The highest BCUT2D eigenvalue weighted by molar-refractivity contribution is 9.10. The summed E-state index contributed by atoms with van der Waals surface area (Å²) >= 11 is 8.96. The van der Waals surface area contributed by atoms with Gasteiger partial charge in [-0.05, 0) is 40.9 Å². The Bertz CT molecular complexity index is 488. The summed E-state index contributed by atoms with van der Waals surface area (Å²) in [6.07, 6.45) is 1.82. The van der Waals surface area contributed by atoms with Crippen molar-refractivity contribution in [3.05, 3.63) is 27.2 Å². The van der Waals surface area contributed by atoms with Crippen molar-refractivity contribution in [3.8, 4) is 5.75 Å². The van der Waals surface area contributed by atoms with Gasteiger partial charge in [0, 0.05) is 17.0 Å². The zero-order valence-electron chi connectivity index (χ0n) is 9.54. The van der Waals surface area contributed by atoms with Crippen LogP contribution in [-0.2, 0) is 0 Å². The normalized spacial score (nSPS) is 16.4. The van der Waals surface area contributed by atoms with Crippen LogP contribution in [0.2, 0.25) is 5.02 Å². The lowest BCUT2D eigenvalue weighted by atomic mass is 10.1. The van der Waals surface area contributed by atoms with Gasteiger partial charge in [0.05, 0.1) is 16.6 Å². The molecule has 2 rings (SSSR count). The minimum Gasteiger partial charge on any atom is -0.506 e. The monoisotopic (exact) mass is 333 g/mol. The molecule has 0 radical (unpaired) electrons. The number of carbonyl (C=O) groups is 1. The van der Waals surface area contributed by atoms with Gasteiger partial charge in [0.15, 0.2) is 0 Å². The first-order valence-electron chi connectivity index (χ1n) is 5.54. The molecule has 1 aromatic rings. The Morgan fingerprint density at radius 3 is 2.72 bits per heavy atom. The summed E-state index contributed by atoms with van der Waals surface area (Å²) in [4.78, 5) is 11.9. The number of benzene rings is 1. The molecule has 0 unspecified atom stereocenters. The van der Waals surface area contributed by atoms with E-state index in [4.69, 9.17) is 16.7 Å². The molecule has 3 N–H and O–H groups in total. The fraction of sp³-hybridized carbons (Fsp3) is 0.417. The van der Waals surface area contributed by atoms with Crippen molar-refractivity contribution in [1.82, 2.24) is 5.32 Å². The first-order valence-corrected chi connectivity index (χ1v) is 6.72. The van der Waals surface area contributed by atoms with E-state index in [1.54, 1.807) is 0 Å². The number of carbonyl (C=O) groups excluding carboxylic acids is 1. The second-order valence-corrected chi connectivity index (χ2v) is 5.92. The smallest absolute Gasteiger partial charge is 0.255 e. The molecular weight excluding hydrogens is 321 g/mol. The summed E-state index contributed by atoms with van der Waals surface area (Å²) in [6.45, 7) is 0.477. The van der Waals surface area contributed by atoms with Crippen molar-refractivity contribution >= 4 is 33.4 Å². The van der Waals surface area contributed by atoms with Gasteiger partial charge < -0.3 is 15.5 Å². The van der Waals surface area contributed by atoms with Gasteiger partial charge in [-0.2, -0.15) is 0 Å². The molecule has 1 amide bonds. The van der Waals surface area contributed by atoms with Crippen LogP contribution in [0.4, 0.5) is 0 Å². The first kappa shape index (κ1) is 13.6. The number of aliphatic hydroxyl groups is 1. The maximum atomic E-state index is 11.9. The molecular formula is C12H13BrClNO3. The average molecular weight is 335 g/mol. The van der Waals surface area contributed by atoms with Crippen LogP contribution >= 0.6 is 27.5 Å². The van der Waals surface area contributed by atoms with E-state index in [0.29, 0.717) is 16.0 Å². The molecule has 18 heavy (non-hydrogen) atoms. The second kappa shape index (κ2) is 5.07. The van der Waals surface area contributed by atoms with Gasteiger partial charge >= 0.3 is 0 Å². The van der Waals surface area contributed by atoms with Crippen molar-refractivity contribution in [2.24, 2.45) is 5.41 Å². The van der Waals surface area contributed by atoms with E-state index < -0.39 is 5.91 Å². The van der Waals surface area contributed by atoms with Crippen LogP contribution in [0.3, 0.4) is 0 Å². The van der Waals surface area contributed by atoms with Gasteiger partial charge in [0.2, 0.25) is 0 Å². The van der Waals surface area contributed by atoms with Gasteiger partial charge in [-0.1, -0.05) is 11.6 Å². The number of phenols is 1. The van der Waals surface area contributed by atoms with E-state index in [1.165, 1.54) is 12.1 Å². The summed E-state index contributed by atoms with van der Waals surface area (Å²) in [5.41, 5.74) is -0.0377. The molecule has 0 bridgehead atoms. The van der Waals surface area contributed by atoms with Crippen LogP contribution < -0.4 is 5.32 Å². The highest BCUT2D eigenvalue weighted by Gasteiger charge is 2.42. The summed E-state index contributed by atoms with van der Waals surface area (Å²) in [6, 6.07) is 2.93. The Hall–Kier alpha value is -0.780. The zero-order chi connectivity index (χ0) is 13.3. The summed E-state index contributed by atoms with van der Waals surface area (Å²) in [5, 5.41) is 22.0. The van der Waals surface area contributed by atoms with Crippen LogP contribution in [0.1, 0.15) is 23.2 Å². The molecule has 0 aromatic heterocycles. The van der Waals surface area contributed by atoms with E-state index in [0.717, 1.165) is 12.8 Å². The van der Waals surface area contributed by atoms with Crippen molar-refractivity contribution < 1.29 is 15.0 Å². The highest BCUT2D eigenvalue weighted by Crippen LogP contribution is 2.44. The number of hydrogen-bond acceptors (Lipinski definition) is 3. The van der Waals surface area contributed by atoms with Crippen LogP contribution in [0.25, 0.3) is 0 Å². The van der Waals surface area contributed by atoms with Gasteiger partial charge in [-0.15, -0.1) is 0 Å². The van der Waals surface area contributed by atoms with Crippen LogP contribution in [0.5, 0.6) is 5.75 Å². The van der Waals surface area contributed by atoms with E-state index in [2.05, 4.69) is 21.2 Å². The Balaban J connectivity index is 2.09. The van der Waals surface area contributed by atoms with Gasteiger partial charge in [-0.25, -0.2) is 0 Å². The lowest BCUT2D eigenvalue weighted by Crippen LogP contribution is -2.31. The van der Waals surface area contributed by atoms with Gasteiger partial charge in [0.25, 0.3) is 5.91 Å². The van der Waals surface area contributed by atoms with Crippen LogP contribution in [0.15, 0.2) is 16.6 Å². The predicted octanol–water partition coefficient (Wildman–Crippen LogP) is 2.31. The SMILES string of the molecule is O=C(NCC1(CO)CC1)c1cc(Cl)cc(Br)c1O. The molecule has 1 saturated carbocycles. The Morgan fingerprint density at radius 2 is 2.17 bits per heavy atom. The van der Waals surface area contributed by atoms with E-state index >= 15 is 0 Å². The van der Waals surface area contributed by atoms with Crippen LogP contribution in [0, 0.1) is 5.41 Å². The third-order valence-electron chi connectivity index (χ3n) is 3.19. The molecule has 98 valence electrons. The Morgan fingerprint density at radius 1 is 1.50 bits per heavy atom. The zero-order valence-corrected chi connectivity index (χ0v) is 11.9. The van der Waals surface area contributed by atoms with Gasteiger partial charge in [0.1, 0.15) is 5.75 Å². The molecule has 1 aliphatic rings. The molecule has 1 aromatic carbocycles. The number of hydrogen-bond donors (Lipinski definition) is 3. The number of rotatable bonds is 4. The van der Waals surface area contributed by atoms with Gasteiger partial charge in [-0.3, -0.25) is 4.79 Å². The fourth-order valence-corrected chi connectivity index (χ4v) is 2.48. The molecule has 1 fully saturated rings. The molecule has 6 heteroatoms. The number of halogens is 2. The quantitative estimate of drug-likeness (QED) is 0.791. The number of aliphatic hydroxyl groups excluding tert-OH is 1. The lowest BCUT2D eigenvalue weighted by Gasteiger charge is -2.13. The molecule has 1 aliphatic carbocycles. The first-order chi connectivity index (χ1) is 8.47. The maximum absolute atomic E-state index is 11.9. The number of phenolic OH excluding ortho intramolecular Hbond substituents is 1. The topological polar surface area (TPSA) is 69.6 Å².